The molecule has 0 heteroatoms. The van der Waals surface area contributed by atoms with Crippen LogP contribution in [0.3, 0.4) is 0 Å². The average molecular weight is 144 g/mol. The molecule has 0 nitrogen and oxygen atoms in total. The number of rotatable bonds is 0. The molecule has 2 bridgehead atoms. The van der Waals surface area contributed by atoms with Gasteiger partial charge in [0.25, 0.3) is 0 Å². The molecule has 56 valence electrons. The van der Waals surface area contributed by atoms with Crippen LogP contribution in [-0.2, 0) is 0 Å². The molecule has 7 rings (SSSR count). The molecule has 0 aromatic rings. The van der Waals surface area contributed by atoms with Crippen LogP contribution < -0.4 is 0 Å². The first kappa shape index (κ1) is 4.30. The zero-order valence-electron chi connectivity index (χ0n) is 6.48. The van der Waals surface area contributed by atoms with Crippen LogP contribution in [0.15, 0.2) is 0 Å². The molecule has 0 spiro atoms. The van der Waals surface area contributed by atoms with Gasteiger partial charge in [-0.15, -0.1) is 0 Å². The van der Waals surface area contributed by atoms with Crippen molar-refractivity contribution < 1.29 is 0 Å². The Hall–Kier alpha value is 0. The normalized spacial score (nSPS) is 100. The van der Waals surface area contributed by atoms with Crippen molar-refractivity contribution >= 4 is 0 Å². The van der Waals surface area contributed by atoms with E-state index in [0.717, 1.165) is 0 Å². The van der Waals surface area contributed by atoms with Gasteiger partial charge in [0, 0.05) is 0 Å². The Morgan fingerprint density at radius 3 is 1.18 bits per heavy atom. The van der Waals surface area contributed by atoms with Gasteiger partial charge in [0.15, 0.2) is 0 Å². The summed E-state index contributed by atoms with van der Waals surface area (Å²) < 4.78 is 0. The van der Waals surface area contributed by atoms with Crippen molar-refractivity contribution in [3.8, 4) is 0 Å². The van der Waals surface area contributed by atoms with Gasteiger partial charge in [-0.1, -0.05) is 0 Å². The molecule has 4 unspecified atom stereocenters. The van der Waals surface area contributed by atoms with Gasteiger partial charge in [0.2, 0.25) is 0 Å². The molecule has 0 N–H and O–H groups in total. The largest absolute Gasteiger partial charge is 0.0464 e. The van der Waals surface area contributed by atoms with Gasteiger partial charge in [0.1, 0.15) is 0 Å². The quantitative estimate of drug-likeness (QED) is 0.484. The van der Waals surface area contributed by atoms with Crippen molar-refractivity contribution in [1.29, 1.82) is 0 Å². The molecule has 0 radical (unpaired) electrons. The molecule has 0 aromatic heterocycles. The predicted octanol–water partition coefficient (Wildman–Crippen LogP) is 1.62. The second kappa shape index (κ2) is 0.843. The third-order valence-electron chi connectivity index (χ3n) is 6.97. The van der Waals surface area contributed by atoms with E-state index in [1.165, 1.54) is 59.2 Å². The zero-order valence-corrected chi connectivity index (χ0v) is 6.48. The van der Waals surface area contributed by atoms with E-state index in [1.54, 1.807) is 6.42 Å². The summed E-state index contributed by atoms with van der Waals surface area (Å²) in [5.41, 5.74) is 0. The predicted molar refractivity (Wildman–Crippen MR) is 39.5 cm³/mol. The van der Waals surface area contributed by atoms with Crippen LogP contribution in [0.1, 0.15) is 6.42 Å². The van der Waals surface area contributed by atoms with E-state index in [2.05, 4.69) is 0 Å². The van der Waals surface area contributed by atoms with Crippen LogP contribution in [0.25, 0.3) is 0 Å². The van der Waals surface area contributed by atoms with Crippen molar-refractivity contribution in [1.82, 2.24) is 0 Å². The first-order valence-electron chi connectivity index (χ1n) is 5.48. The SMILES string of the molecule is C1C2C3C4C1C1C2C2C3C4C12. The summed E-state index contributed by atoms with van der Waals surface area (Å²) in [5, 5.41) is 0. The maximum atomic E-state index is 1.70. The Morgan fingerprint density at radius 1 is 0.455 bits per heavy atom. The van der Waals surface area contributed by atoms with Crippen LogP contribution in [0.4, 0.5) is 0 Å². The standard InChI is InChI=1S/C11H12/c1-2-4-6-3(1)7-5(2)9-8(4)10(6)11(7)9/h2-11H,1H2. The van der Waals surface area contributed by atoms with Gasteiger partial charge >= 0.3 is 0 Å². The van der Waals surface area contributed by atoms with Crippen LogP contribution in [0.2, 0.25) is 0 Å². The first-order chi connectivity index (χ1) is 5.48. The number of hydrogen-bond acceptors (Lipinski definition) is 0. The molecule has 7 aliphatic rings. The molecule has 0 heterocycles. The fourth-order valence-electron chi connectivity index (χ4n) is 7.41. The molecule has 7 aliphatic carbocycles. The minimum absolute atomic E-state index is 1.29. The second-order valence-corrected chi connectivity index (χ2v) is 6.18. The molecule has 0 aromatic carbocycles. The van der Waals surface area contributed by atoms with Crippen LogP contribution in [-0.4, -0.2) is 0 Å². The molecular weight excluding hydrogens is 132 g/mol. The summed E-state index contributed by atoms with van der Waals surface area (Å²) in [5.74, 6) is 13.1. The highest BCUT2D eigenvalue weighted by Gasteiger charge is 2.92. The lowest BCUT2D eigenvalue weighted by Crippen LogP contribution is -2.62. The monoisotopic (exact) mass is 144 g/mol. The van der Waals surface area contributed by atoms with E-state index < -0.39 is 0 Å². The lowest BCUT2D eigenvalue weighted by molar-refractivity contribution is -0.183. The summed E-state index contributed by atoms with van der Waals surface area (Å²) in [6, 6.07) is 0. The smallest absolute Gasteiger partial charge is 0.0312 e. The summed E-state index contributed by atoms with van der Waals surface area (Å²) in [7, 11) is 0. The molecule has 0 saturated heterocycles. The topological polar surface area (TPSA) is 0 Å². The van der Waals surface area contributed by atoms with Crippen LogP contribution >= 0.6 is 0 Å². The van der Waals surface area contributed by atoms with Gasteiger partial charge in [-0.25, -0.2) is 0 Å². The average Bonchev–Trinajstić information content (AvgIpc) is 2.25. The lowest BCUT2D eigenvalue weighted by Gasteiger charge is -2.65. The van der Waals surface area contributed by atoms with E-state index in [-0.39, 0.29) is 0 Å². The second-order valence-electron chi connectivity index (χ2n) is 6.18. The summed E-state index contributed by atoms with van der Waals surface area (Å²) in [4.78, 5) is 0. The molecule has 4 atom stereocenters. The summed E-state index contributed by atoms with van der Waals surface area (Å²) in [6.07, 6.45) is 1.70. The summed E-state index contributed by atoms with van der Waals surface area (Å²) >= 11 is 0. The highest BCUT2D eigenvalue weighted by molar-refractivity contribution is 5.39. The number of hydrogen-bond donors (Lipinski definition) is 0. The first-order valence-corrected chi connectivity index (χ1v) is 5.48. The lowest BCUT2D eigenvalue weighted by atomic mass is 9.39. The van der Waals surface area contributed by atoms with E-state index in [1.807, 2.05) is 0 Å². The molecule has 11 heavy (non-hydrogen) atoms. The third-order valence-corrected chi connectivity index (χ3v) is 6.97. The molecule has 7 fully saturated rings. The highest BCUT2D eigenvalue weighted by Crippen LogP contribution is 2.96. The van der Waals surface area contributed by atoms with Gasteiger partial charge < -0.3 is 0 Å². The maximum Gasteiger partial charge on any atom is -0.0312 e. The van der Waals surface area contributed by atoms with Gasteiger partial charge in [0.05, 0.1) is 0 Å². The summed E-state index contributed by atoms with van der Waals surface area (Å²) in [6.45, 7) is 0. The molecular formula is C11H12. The van der Waals surface area contributed by atoms with Crippen molar-refractivity contribution in [2.24, 2.45) is 59.2 Å². The van der Waals surface area contributed by atoms with Crippen LogP contribution in [0.5, 0.6) is 0 Å². The fourth-order valence-corrected chi connectivity index (χ4v) is 7.41. The Labute approximate surface area is 66.4 Å². The molecule has 7 saturated carbocycles. The van der Waals surface area contributed by atoms with Crippen molar-refractivity contribution in [2.45, 2.75) is 6.42 Å². The third kappa shape index (κ3) is 0.178. The van der Waals surface area contributed by atoms with E-state index in [4.69, 9.17) is 0 Å². The van der Waals surface area contributed by atoms with E-state index >= 15 is 0 Å². The van der Waals surface area contributed by atoms with Crippen molar-refractivity contribution in [3.05, 3.63) is 0 Å². The fraction of sp³-hybridized carbons (Fsp3) is 1.00. The van der Waals surface area contributed by atoms with Gasteiger partial charge in [-0.3, -0.25) is 0 Å². The van der Waals surface area contributed by atoms with Gasteiger partial charge in [-0.05, 0) is 65.6 Å². The zero-order chi connectivity index (χ0) is 6.48. The van der Waals surface area contributed by atoms with Crippen molar-refractivity contribution in [2.75, 3.05) is 0 Å². The molecule has 0 aliphatic heterocycles. The Kier molecular flexibility index (Phi) is 0.329. The molecule has 0 amide bonds. The van der Waals surface area contributed by atoms with Gasteiger partial charge in [-0.2, -0.15) is 0 Å². The van der Waals surface area contributed by atoms with E-state index in [0.29, 0.717) is 0 Å². The Morgan fingerprint density at radius 2 is 0.818 bits per heavy atom. The highest BCUT2D eigenvalue weighted by atomic mass is 15.0. The minimum atomic E-state index is 1.29. The maximum absolute atomic E-state index is 1.70. The Bertz CT molecular complexity index is 228. The van der Waals surface area contributed by atoms with Crippen LogP contribution in [0, 0.1) is 59.2 Å². The van der Waals surface area contributed by atoms with E-state index in [9.17, 15) is 0 Å². The van der Waals surface area contributed by atoms with Crippen molar-refractivity contribution in [3.63, 3.8) is 0 Å². The minimum Gasteiger partial charge on any atom is -0.0464 e. The Balaban J connectivity index is 1.87.